The highest BCUT2D eigenvalue weighted by Crippen LogP contribution is 2.21. The van der Waals surface area contributed by atoms with Gasteiger partial charge < -0.3 is 10.2 Å². The molecule has 0 bridgehead atoms. The van der Waals surface area contributed by atoms with Crippen LogP contribution in [0.3, 0.4) is 0 Å². The van der Waals surface area contributed by atoms with Crippen molar-refractivity contribution in [3.8, 4) is 0 Å². The molecule has 1 aromatic carbocycles. The number of halogens is 2. The summed E-state index contributed by atoms with van der Waals surface area (Å²) in [6.07, 6.45) is 0.721. The summed E-state index contributed by atoms with van der Waals surface area (Å²) >= 11 is 12.1. The second kappa shape index (κ2) is 9.02. The Balaban J connectivity index is 2.06. The van der Waals surface area contributed by atoms with Crippen molar-refractivity contribution in [2.45, 2.75) is 27.2 Å². The van der Waals surface area contributed by atoms with Gasteiger partial charge in [-0.05, 0) is 44.9 Å². The van der Waals surface area contributed by atoms with Crippen LogP contribution in [0.2, 0.25) is 10.0 Å². The van der Waals surface area contributed by atoms with E-state index in [4.69, 9.17) is 23.2 Å². The summed E-state index contributed by atoms with van der Waals surface area (Å²) in [7, 11) is 0. The van der Waals surface area contributed by atoms with Crippen LogP contribution in [0.15, 0.2) is 24.3 Å². The Labute approximate surface area is 158 Å². The number of hydrogen-bond donors (Lipinski definition) is 1. The molecule has 1 heterocycles. The van der Waals surface area contributed by atoms with E-state index in [1.807, 2.05) is 26.0 Å². The number of hydrogen-bond acceptors (Lipinski definition) is 4. The second-order valence-corrected chi connectivity index (χ2v) is 6.42. The largest absolute Gasteiger partial charge is 0.370 e. The Kier molecular flexibility index (Phi) is 7.02. The molecule has 5 nitrogen and oxygen atoms in total. The minimum Gasteiger partial charge on any atom is -0.370 e. The van der Waals surface area contributed by atoms with Gasteiger partial charge in [0.1, 0.15) is 17.3 Å². The van der Waals surface area contributed by atoms with Crippen molar-refractivity contribution in [2.24, 2.45) is 0 Å². The molecule has 0 radical (unpaired) electrons. The van der Waals surface area contributed by atoms with Crippen molar-refractivity contribution < 1.29 is 4.79 Å². The van der Waals surface area contributed by atoms with Gasteiger partial charge in [0.15, 0.2) is 0 Å². The molecule has 1 aromatic heterocycles. The number of aryl methyl sites for hydroxylation is 1. The molecule has 0 saturated heterocycles. The van der Waals surface area contributed by atoms with Crippen molar-refractivity contribution in [2.75, 3.05) is 25.0 Å². The van der Waals surface area contributed by atoms with E-state index in [1.165, 1.54) is 0 Å². The molecular formula is C18H22Cl2N4O. The number of anilines is 1. The van der Waals surface area contributed by atoms with Crippen LogP contribution < -0.4 is 5.32 Å². The molecule has 0 fully saturated rings. The van der Waals surface area contributed by atoms with E-state index in [1.54, 1.807) is 24.0 Å². The summed E-state index contributed by atoms with van der Waals surface area (Å²) < 4.78 is 0. The summed E-state index contributed by atoms with van der Waals surface area (Å²) in [5, 5.41) is 4.49. The number of nitrogens with one attached hydrogen (secondary N) is 1. The van der Waals surface area contributed by atoms with Crippen LogP contribution in [0.5, 0.6) is 0 Å². The molecule has 7 heteroatoms. The van der Waals surface area contributed by atoms with Crippen LogP contribution in [0, 0.1) is 6.92 Å². The van der Waals surface area contributed by atoms with Crippen molar-refractivity contribution in [3.63, 3.8) is 0 Å². The maximum atomic E-state index is 12.5. The van der Waals surface area contributed by atoms with Crippen molar-refractivity contribution >= 4 is 34.9 Å². The third kappa shape index (κ3) is 5.31. The average molecular weight is 381 g/mol. The van der Waals surface area contributed by atoms with Crippen molar-refractivity contribution in [3.05, 3.63) is 51.4 Å². The number of benzene rings is 1. The summed E-state index contributed by atoms with van der Waals surface area (Å²) in [5.41, 5.74) is 1.41. The van der Waals surface area contributed by atoms with E-state index in [9.17, 15) is 4.79 Å². The fourth-order valence-electron chi connectivity index (χ4n) is 2.49. The highest BCUT2D eigenvalue weighted by molar-refractivity contribution is 6.35. The van der Waals surface area contributed by atoms with Gasteiger partial charge in [-0.1, -0.05) is 29.3 Å². The molecule has 25 heavy (non-hydrogen) atoms. The van der Waals surface area contributed by atoms with E-state index >= 15 is 0 Å². The molecule has 0 aliphatic rings. The zero-order chi connectivity index (χ0) is 18.4. The van der Waals surface area contributed by atoms with Crippen molar-refractivity contribution in [1.29, 1.82) is 0 Å². The Hall–Kier alpha value is -1.85. The quantitative estimate of drug-likeness (QED) is 0.780. The molecule has 2 aromatic rings. The predicted octanol–water partition coefficient (Wildman–Crippen LogP) is 4.23. The molecule has 1 N–H and O–H groups in total. The first-order valence-electron chi connectivity index (χ1n) is 8.27. The van der Waals surface area contributed by atoms with Gasteiger partial charge in [0.05, 0.1) is 0 Å². The van der Waals surface area contributed by atoms with E-state index in [-0.39, 0.29) is 5.91 Å². The van der Waals surface area contributed by atoms with E-state index in [2.05, 4.69) is 15.3 Å². The maximum Gasteiger partial charge on any atom is 0.272 e. The first kappa shape index (κ1) is 19.5. The van der Waals surface area contributed by atoms with E-state index < -0.39 is 0 Å². The van der Waals surface area contributed by atoms with Gasteiger partial charge in [-0.2, -0.15) is 0 Å². The minimum absolute atomic E-state index is 0.0840. The SMILES string of the molecule is CCN(CC)C(=O)c1cc(NCCc2ccc(Cl)cc2Cl)nc(C)n1. The molecular weight excluding hydrogens is 359 g/mol. The third-order valence-corrected chi connectivity index (χ3v) is 4.41. The van der Waals surface area contributed by atoms with Gasteiger partial charge in [0.2, 0.25) is 0 Å². The number of amides is 1. The first-order chi connectivity index (χ1) is 11.9. The number of nitrogens with zero attached hydrogens (tertiary/aromatic N) is 3. The topological polar surface area (TPSA) is 58.1 Å². The Morgan fingerprint density at radius 2 is 1.88 bits per heavy atom. The molecule has 0 atom stereocenters. The zero-order valence-corrected chi connectivity index (χ0v) is 16.2. The van der Waals surface area contributed by atoms with Crippen LogP contribution >= 0.6 is 23.2 Å². The van der Waals surface area contributed by atoms with E-state index in [0.29, 0.717) is 47.0 Å². The van der Waals surface area contributed by atoms with Gasteiger partial charge >= 0.3 is 0 Å². The maximum absolute atomic E-state index is 12.5. The average Bonchev–Trinajstić information content (AvgIpc) is 2.57. The number of carbonyl (C=O) groups is 1. The van der Waals surface area contributed by atoms with Gasteiger partial charge in [0, 0.05) is 35.7 Å². The second-order valence-electron chi connectivity index (χ2n) is 5.58. The first-order valence-corrected chi connectivity index (χ1v) is 9.03. The fourth-order valence-corrected chi connectivity index (χ4v) is 2.99. The molecule has 0 unspecified atom stereocenters. The Bertz CT molecular complexity index is 748. The van der Waals surface area contributed by atoms with Gasteiger partial charge in [-0.25, -0.2) is 9.97 Å². The van der Waals surface area contributed by atoms with Gasteiger partial charge in [-0.15, -0.1) is 0 Å². The lowest BCUT2D eigenvalue weighted by Crippen LogP contribution is -2.31. The highest BCUT2D eigenvalue weighted by Gasteiger charge is 2.15. The lowest BCUT2D eigenvalue weighted by molar-refractivity contribution is 0.0766. The summed E-state index contributed by atoms with van der Waals surface area (Å²) in [4.78, 5) is 22.8. The van der Waals surface area contributed by atoms with Crippen LogP contribution in [-0.4, -0.2) is 40.4 Å². The summed E-state index contributed by atoms with van der Waals surface area (Å²) in [5.74, 6) is 1.11. The minimum atomic E-state index is -0.0840. The highest BCUT2D eigenvalue weighted by atomic mass is 35.5. The summed E-state index contributed by atoms with van der Waals surface area (Å²) in [6.45, 7) is 7.61. The van der Waals surface area contributed by atoms with Crippen molar-refractivity contribution in [1.82, 2.24) is 14.9 Å². The number of rotatable bonds is 7. The molecule has 2 rings (SSSR count). The molecule has 1 amide bonds. The fraction of sp³-hybridized carbons (Fsp3) is 0.389. The Morgan fingerprint density at radius 1 is 1.16 bits per heavy atom. The normalized spacial score (nSPS) is 10.6. The molecule has 134 valence electrons. The smallest absolute Gasteiger partial charge is 0.272 e. The zero-order valence-electron chi connectivity index (χ0n) is 14.6. The Morgan fingerprint density at radius 3 is 2.52 bits per heavy atom. The standard InChI is InChI=1S/C18H22Cl2N4O/c1-4-24(5-2)18(25)16-11-17(23-12(3)22-16)21-9-8-13-6-7-14(19)10-15(13)20/h6-7,10-11H,4-5,8-9H2,1-3H3,(H,21,22,23). The van der Waals surface area contributed by atoms with Gasteiger partial charge in [0.25, 0.3) is 5.91 Å². The number of carbonyl (C=O) groups excluding carboxylic acids is 1. The molecule has 0 spiro atoms. The summed E-state index contributed by atoms with van der Waals surface area (Å²) in [6, 6.07) is 7.15. The lowest BCUT2D eigenvalue weighted by Gasteiger charge is -2.18. The van der Waals surface area contributed by atoms with Gasteiger partial charge in [-0.3, -0.25) is 4.79 Å². The molecule has 0 saturated carbocycles. The molecule has 0 aliphatic carbocycles. The number of aromatic nitrogens is 2. The van der Waals surface area contributed by atoms with Crippen LogP contribution in [0.1, 0.15) is 35.7 Å². The van der Waals surface area contributed by atoms with E-state index in [0.717, 1.165) is 12.0 Å². The van der Waals surface area contributed by atoms with Crippen LogP contribution in [-0.2, 0) is 6.42 Å². The molecule has 0 aliphatic heterocycles. The monoisotopic (exact) mass is 380 g/mol. The predicted molar refractivity (Wildman–Crippen MR) is 103 cm³/mol. The third-order valence-electron chi connectivity index (χ3n) is 3.82. The lowest BCUT2D eigenvalue weighted by atomic mass is 10.1. The van der Waals surface area contributed by atoms with Crippen LogP contribution in [0.4, 0.5) is 5.82 Å². The van der Waals surface area contributed by atoms with Crippen LogP contribution in [0.25, 0.3) is 0 Å².